The summed E-state index contributed by atoms with van der Waals surface area (Å²) in [7, 11) is 0. The van der Waals surface area contributed by atoms with Gasteiger partial charge in [0.15, 0.2) is 5.13 Å². The SMILES string of the molecule is Cc1csc(NC(=O)NC(=O)c2ccc(Cl)cc2)n1. The van der Waals surface area contributed by atoms with Crippen LogP contribution in [0.1, 0.15) is 16.1 Å². The van der Waals surface area contributed by atoms with E-state index in [9.17, 15) is 9.59 Å². The summed E-state index contributed by atoms with van der Waals surface area (Å²) in [6, 6.07) is 5.63. The molecule has 1 heterocycles. The van der Waals surface area contributed by atoms with Gasteiger partial charge in [0.2, 0.25) is 0 Å². The van der Waals surface area contributed by atoms with E-state index in [0.717, 1.165) is 5.69 Å². The molecule has 2 N–H and O–H groups in total. The number of anilines is 1. The molecule has 2 aromatic rings. The van der Waals surface area contributed by atoms with Crippen LogP contribution in [0.25, 0.3) is 0 Å². The van der Waals surface area contributed by atoms with Crippen LogP contribution in [0.5, 0.6) is 0 Å². The van der Waals surface area contributed by atoms with Crippen LogP contribution in [0, 0.1) is 6.92 Å². The van der Waals surface area contributed by atoms with Crippen LogP contribution in [0.15, 0.2) is 29.6 Å². The fourth-order valence-electron chi connectivity index (χ4n) is 1.32. The molecule has 0 fully saturated rings. The number of aryl methyl sites for hydroxylation is 1. The Morgan fingerprint density at radius 2 is 1.95 bits per heavy atom. The highest BCUT2D eigenvalue weighted by atomic mass is 35.5. The molecule has 0 aliphatic rings. The van der Waals surface area contributed by atoms with Gasteiger partial charge in [0.25, 0.3) is 5.91 Å². The van der Waals surface area contributed by atoms with Crippen molar-refractivity contribution in [1.82, 2.24) is 10.3 Å². The summed E-state index contributed by atoms with van der Waals surface area (Å²) in [5, 5.41) is 7.47. The van der Waals surface area contributed by atoms with Gasteiger partial charge in [-0.25, -0.2) is 9.78 Å². The number of nitrogens with one attached hydrogen (secondary N) is 2. The van der Waals surface area contributed by atoms with Gasteiger partial charge in [0.05, 0.1) is 5.69 Å². The smallest absolute Gasteiger partial charge is 0.283 e. The lowest BCUT2D eigenvalue weighted by Gasteiger charge is -2.04. The fraction of sp³-hybridized carbons (Fsp3) is 0.0833. The van der Waals surface area contributed by atoms with E-state index in [1.54, 1.807) is 29.6 Å². The van der Waals surface area contributed by atoms with Gasteiger partial charge in [-0.15, -0.1) is 11.3 Å². The topological polar surface area (TPSA) is 71.1 Å². The molecule has 0 atom stereocenters. The zero-order chi connectivity index (χ0) is 13.8. The first kappa shape index (κ1) is 13.5. The Kier molecular flexibility index (Phi) is 4.13. The zero-order valence-corrected chi connectivity index (χ0v) is 11.5. The highest BCUT2D eigenvalue weighted by molar-refractivity contribution is 7.13. The third kappa shape index (κ3) is 3.77. The minimum absolute atomic E-state index is 0.356. The molecule has 2 rings (SSSR count). The summed E-state index contributed by atoms with van der Waals surface area (Å²) in [6.45, 7) is 1.82. The number of rotatable bonds is 2. The molecule has 0 aliphatic carbocycles. The molecule has 19 heavy (non-hydrogen) atoms. The molecule has 0 spiro atoms. The predicted molar refractivity (Wildman–Crippen MR) is 74.8 cm³/mol. The van der Waals surface area contributed by atoms with E-state index in [1.807, 2.05) is 6.92 Å². The maximum Gasteiger partial charge on any atom is 0.327 e. The van der Waals surface area contributed by atoms with Crippen LogP contribution < -0.4 is 10.6 Å². The number of amides is 3. The molecule has 7 heteroatoms. The first-order valence-corrected chi connectivity index (χ1v) is 6.60. The summed E-state index contributed by atoms with van der Waals surface area (Å²) in [6.07, 6.45) is 0. The molecule has 0 saturated heterocycles. The Balaban J connectivity index is 1.95. The third-order valence-corrected chi connectivity index (χ3v) is 3.30. The molecule has 3 amide bonds. The van der Waals surface area contributed by atoms with Crippen molar-refractivity contribution >= 4 is 40.0 Å². The Hall–Kier alpha value is -1.92. The van der Waals surface area contributed by atoms with Gasteiger partial charge in [-0.2, -0.15) is 0 Å². The Labute approximate surface area is 118 Å². The molecule has 98 valence electrons. The van der Waals surface area contributed by atoms with Gasteiger partial charge in [-0.1, -0.05) is 11.6 Å². The van der Waals surface area contributed by atoms with Crippen molar-refractivity contribution in [3.63, 3.8) is 0 Å². The maximum absolute atomic E-state index is 11.7. The first-order valence-electron chi connectivity index (χ1n) is 5.34. The number of carbonyl (C=O) groups is 2. The summed E-state index contributed by atoms with van der Waals surface area (Å²) in [5.74, 6) is -0.498. The average Bonchev–Trinajstić information content (AvgIpc) is 2.75. The lowest BCUT2D eigenvalue weighted by molar-refractivity contribution is 0.0967. The fourth-order valence-corrected chi connectivity index (χ4v) is 2.13. The highest BCUT2D eigenvalue weighted by Gasteiger charge is 2.11. The first-order chi connectivity index (χ1) is 9.04. The van der Waals surface area contributed by atoms with Crippen LogP contribution in [0.3, 0.4) is 0 Å². The maximum atomic E-state index is 11.7. The molecule has 1 aromatic carbocycles. The molecule has 5 nitrogen and oxygen atoms in total. The van der Waals surface area contributed by atoms with Gasteiger partial charge < -0.3 is 0 Å². The van der Waals surface area contributed by atoms with Crippen molar-refractivity contribution in [2.45, 2.75) is 6.92 Å². The van der Waals surface area contributed by atoms with Crippen molar-refractivity contribution in [2.24, 2.45) is 0 Å². The molecular weight excluding hydrogens is 286 g/mol. The van der Waals surface area contributed by atoms with Gasteiger partial charge in [0.1, 0.15) is 0 Å². The molecule has 0 bridgehead atoms. The summed E-state index contributed by atoms with van der Waals surface area (Å²) >= 11 is 7.00. The lowest BCUT2D eigenvalue weighted by atomic mass is 10.2. The number of nitrogens with zero attached hydrogens (tertiary/aromatic N) is 1. The van der Waals surface area contributed by atoms with Gasteiger partial charge in [0, 0.05) is 16.0 Å². The number of hydrogen-bond acceptors (Lipinski definition) is 4. The Bertz CT molecular complexity index is 610. The second kappa shape index (κ2) is 5.81. The summed E-state index contributed by atoms with van der Waals surface area (Å²) in [5.41, 5.74) is 1.17. The number of hydrogen-bond donors (Lipinski definition) is 2. The highest BCUT2D eigenvalue weighted by Crippen LogP contribution is 2.14. The molecular formula is C12H10ClN3O2S. The third-order valence-electron chi connectivity index (χ3n) is 2.17. The van der Waals surface area contributed by atoms with Crippen molar-refractivity contribution in [2.75, 3.05) is 5.32 Å². The quantitative estimate of drug-likeness (QED) is 0.894. The second-order valence-corrected chi connectivity index (χ2v) is 5.00. The minimum Gasteiger partial charge on any atom is -0.283 e. The van der Waals surface area contributed by atoms with Gasteiger partial charge in [-0.05, 0) is 31.2 Å². The predicted octanol–water partition coefficient (Wildman–Crippen LogP) is 3.07. The Morgan fingerprint density at radius 1 is 1.26 bits per heavy atom. The normalized spacial score (nSPS) is 10.0. The molecule has 0 saturated carbocycles. The number of benzene rings is 1. The second-order valence-electron chi connectivity index (χ2n) is 3.71. The van der Waals surface area contributed by atoms with Crippen LogP contribution in [-0.2, 0) is 0 Å². The van der Waals surface area contributed by atoms with E-state index in [4.69, 9.17) is 11.6 Å². The number of urea groups is 1. The monoisotopic (exact) mass is 295 g/mol. The van der Waals surface area contributed by atoms with Crippen LogP contribution in [0.2, 0.25) is 5.02 Å². The van der Waals surface area contributed by atoms with E-state index < -0.39 is 11.9 Å². The number of halogens is 1. The van der Waals surface area contributed by atoms with Crippen molar-refractivity contribution in [3.8, 4) is 0 Å². The van der Waals surface area contributed by atoms with E-state index >= 15 is 0 Å². The molecule has 0 aliphatic heterocycles. The van der Waals surface area contributed by atoms with E-state index in [-0.39, 0.29) is 0 Å². The lowest BCUT2D eigenvalue weighted by Crippen LogP contribution is -2.34. The van der Waals surface area contributed by atoms with E-state index in [2.05, 4.69) is 15.6 Å². The largest absolute Gasteiger partial charge is 0.327 e. The molecule has 1 aromatic heterocycles. The van der Waals surface area contributed by atoms with Crippen molar-refractivity contribution < 1.29 is 9.59 Å². The average molecular weight is 296 g/mol. The van der Waals surface area contributed by atoms with Gasteiger partial charge >= 0.3 is 6.03 Å². The number of thiazole rings is 1. The van der Waals surface area contributed by atoms with Crippen molar-refractivity contribution in [1.29, 1.82) is 0 Å². The standard InChI is InChI=1S/C12H10ClN3O2S/c1-7-6-19-12(14-7)16-11(18)15-10(17)8-2-4-9(13)5-3-8/h2-6H,1H3,(H2,14,15,16,17,18). The number of imide groups is 1. The molecule has 0 radical (unpaired) electrons. The van der Waals surface area contributed by atoms with Crippen molar-refractivity contribution in [3.05, 3.63) is 45.9 Å². The van der Waals surface area contributed by atoms with Crippen LogP contribution >= 0.6 is 22.9 Å². The van der Waals surface area contributed by atoms with E-state index in [1.165, 1.54) is 11.3 Å². The summed E-state index contributed by atoms with van der Waals surface area (Å²) in [4.78, 5) is 27.4. The number of carbonyl (C=O) groups excluding carboxylic acids is 2. The summed E-state index contributed by atoms with van der Waals surface area (Å²) < 4.78 is 0. The minimum atomic E-state index is -0.616. The van der Waals surface area contributed by atoms with Crippen LogP contribution in [0.4, 0.5) is 9.93 Å². The van der Waals surface area contributed by atoms with E-state index in [0.29, 0.717) is 15.7 Å². The zero-order valence-electron chi connectivity index (χ0n) is 9.94. The molecule has 0 unspecified atom stereocenters. The number of aromatic nitrogens is 1. The van der Waals surface area contributed by atoms with Gasteiger partial charge in [-0.3, -0.25) is 15.4 Å². The Morgan fingerprint density at radius 3 is 2.53 bits per heavy atom. The van der Waals surface area contributed by atoms with Crippen LogP contribution in [-0.4, -0.2) is 16.9 Å².